The van der Waals surface area contributed by atoms with Crippen molar-refractivity contribution in [3.63, 3.8) is 0 Å². The van der Waals surface area contributed by atoms with Crippen LogP contribution in [-0.2, 0) is 21.3 Å². The lowest BCUT2D eigenvalue weighted by Crippen LogP contribution is -2.40. The highest BCUT2D eigenvalue weighted by Crippen LogP contribution is 2.09. The van der Waals surface area contributed by atoms with E-state index in [1.807, 2.05) is 6.07 Å². The van der Waals surface area contributed by atoms with E-state index in [0.717, 1.165) is 38.2 Å². The molecular weight excluding hydrogens is 469 g/mol. The van der Waals surface area contributed by atoms with Crippen molar-refractivity contribution in [1.82, 2.24) is 15.5 Å². The summed E-state index contributed by atoms with van der Waals surface area (Å²) in [6.07, 6.45) is 1.00. The van der Waals surface area contributed by atoms with Gasteiger partial charge in [0.1, 0.15) is 0 Å². The lowest BCUT2D eigenvalue weighted by atomic mass is 10.2. The molecule has 0 bridgehead atoms. The first kappa shape index (κ1) is 25.1. The number of sulfonamides is 1. The van der Waals surface area contributed by atoms with E-state index in [1.165, 1.54) is 6.07 Å². The van der Waals surface area contributed by atoms with Crippen LogP contribution in [0.4, 0.5) is 0 Å². The number of halogens is 1. The molecule has 0 saturated carbocycles. The largest absolute Gasteiger partial charge is 0.385 e. The third kappa shape index (κ3) is 10.3. The molecule has 10 heteroatoms. The average Bonchev–Trinajstić information content (AvgIpc) is 2.57. The predicted octanol–water partition coefficient (Wildman–Crippen LogP) is 0.585. The zero-order valence-corrected chi connectivity index (χ0v) is 18.7. The highest BCUT2D eigenvalue weighted by Gasteiger charge is 2.08. The summed E-state index contributed by atoms with van der Waals surface area (Å²) in [4.78, 5) is 6.48. The molecule has 0 aliphatic rings. The average molecular weight is 499 g/mol. The molecule has 1 rings (SSSR count). The second-order valence-corrected chi connectivity index (χ2v) is 7.26. The van der Waals surface area contributed by atoms with Crippen molar-refractivity contribution >= 4 is 40.0 Å². The number of nitrogens with two attached hydrogens (primary N) is 1. The van der Waals surface area contributed by atoms with Crippen molar-refractivity contribution in [1.29, 1.82) is 0 Å². The van der Waals surface area contributed by atoms with Crippen molar-refractivity contribution in [2.24, 2.45) is 10.1 Å². The molecule has 0 atom stereocenters. The summed E-state index contributed by atoms with van der Waals surface area (Å²) in [7, 11) is 1.77. The number of methoxy groups -OCH3 is 1. The number of nitrogens with zero attached hydrogens (tertiary/aromatic N) is 2. The highest BCUT2D eigenvalue weighted by atomic mass is 127. The van der Waals surface area contributed by atoms with E-state index >= 15 is 0 Å². The SMILES string of the molecule is CN=C(NCCN(C)CCCOC)NCc1cccc(S(N)(=O)=O)c1.I. The molecule has 26 heavy (non-hydrogen) atoms. The Labute approximate surface area is 173 Å². The fourth-order valence-electron chi connectivity index (χ4n) is 2.19. The number of benzene rings is 1. The topological polar surface area (TPSA) is 109 Å². The summed E-state index contributed by atoms with van der Waals surface area (Å²) in [5.74, 6) is 0.659. The number of likely N-dealkylation sites (N-methyl/N-ethyl adjacent to an activating group) is 1. The Morgan fingerprint density at radius 1 is 1.31 bits per heavy atom. The van der Waals surface area contributed by atoms with Gasteiger partial charge < -0.3 is 20.3 Å². The van der Waals surface area contributed by atoms with Crippen LogP contribution in [0.3, 0.4) is 0 Å². The van der Waals surface area contributed by atoms with E-state index < -0.39 is 10.0 Å². The lowest BCUT2D eigenvalue weighted by molar-refractivity contribution is 0.180. The molecule has 0 radical (unpaired) electrons. The Kier molecular flexibility index (Phi) is 12.8. The van der Waals surface area contributed by atoms with Crippen LogP contribution in [0.25, 0.3) is 0 Å². The Morgan fingerprint density at radius 2 is 2.04 bits per heavy atom. The lowest BCUT2D eigenvalue weighted by Gasteiger charge is -2.18. The minimum Gasteiger partial charge on any atom is -0.385 e. The van der Waals surface area contributed by atoms with Gasteiger partial charge in [0.15, 0.2) is 5.96 Å². The summed E-state index contributed by atoms with van der Waals surface area (Å²) in [5, 5.41) is 11.5. The molecule has 8 nitrogen and oxygen atoms in total. The molecule has 1 aromatic carbocycles. The van der Waals surface area contributed by atoms with Crippen molar-refractivity contribution in [3.05, 3.63) is 29.8 Å². The number of aliphatic imine (C=N–C) groups is 1. The molecule has 150 valence electrons. The zero-order valence-electron chi connectivity index (χ0n) is 15.6. The van der Waals surface area contributed by atoms with E-state index in [9.17, 15) is 8.42 Å². The van der Waals surface area contributed by atoms with Gasteiger partial charge in [-0.15, -0.1) is 24.0 Å². The normalized spacial score (nSPS) is 12.0. The summed E-state index contributed by atoms with van der Waals surface area (Å²) in [6, 6.07) is 6.53. The first-order valence-electron chi connectivity index (χ1n) is 8.10. The number of guanidine groups is 1. The van der Waals surface area contributed by atoms with Gasteiger partial charge >= 0.3 is 0 Å². The Hall–Kier alpha value is -0.950. The van der Waals surface area contributed by atoms with Crippen LogP contribution in [0.15, 0.2) is 34.2 Å². The van der Waals surface area contributed by atoms with Crippen molar-refractivity contribution in [3.8, 4) is 0 Å². The maximum Gasteiger partial charge on any atom is 0.238 e. The number of hydrogen-bond donors (Lipinski definition) is 3. The molecule has 1 aromatic rings. The van der Waals surface area contributed by atoms with Crippen molar-refractivity contribution < 1.29 is 13.2 Å². The van der Waals surface area contributed by atoms with Gasteiger partial charge in [-0.25, -0.2) is 13.6 Å². The van der Waals surface area contributed by atoms with Crippen LogP contribution >= 0.6 is 24.0 Å². The molecule has 0 amide bonds. The van der Waals surface area contributed by atoms with Crippen molar-refractivity contribution in [2.45, 2.75) is 17.9 Å². The van der Waals surface area contributed by atoms with E-state index in [1.54, 1.807) is 26.3 Å². The molecule has 0 saturated heterocycles. The molecule has 0 aromatic heterocycles. The molecule has 0 unspecified atom stereocenters. The highest BCUT2D eigenvalue weighted by molar-refractivity contribution is 14.0. The van der Waals surface area contributed by atoms with Gasteiger partial charge in [0, 0.05) is 46.9 Å². The quantitative estimate of drug-likeness (QED) is 0.188. The van der Waals surface area contributed by atoms with Gasteiger partial charge in [-0.05, 0) is 31.2 Å². The number of hydrogen-bond acceptors (Lipinski definition) is 5. The summed E-state index contributed by atoms with van der Waals surface area (Å²) >= 11 is 0. The van der Waals surface area contributed by atoms with Gasteiger partial charge in [-0.1, -0.05) is 12.1 Å². The van der Waals surface area contributed by atoms with Gasteiger partial charge in [0.2, 0.25) is 10.0 Å². The third-order valence-electron chi connectivity index (χ3n) is 3.58. The number of nitrogens with one attached hydrogen (secondary N) is 2. The van der Waals surface area contributed by atoms with E-state index in [2.05, 4.69) is 27.6 Å². The summed E-state index contributed by atoms with van der Waals surface area (Å²) < 4.78 is 27.8. The van der Waals surface area contributed by atoms with Gasteiger partial charge in [0.05, 0.1) is 4.90 Å². The summed E-state index contributed by atoms with van der Waals surface area (Å²) in [6.45, 7) is 3.82. The van der Waals surface area contributed by atoms with E-state index in [0.29, 0.717) is 12.5 Å². The minimum absolute atomic E-state index is 0. The van der Waals surface area contributed by atoms with E-state index in [-0.39, 0.29) is 28.9 Å². The van der Waals surface area contributed by atoms with Crippen LogP contribution in [0.5, 0.6) is 0 Å². The van der Waals surface area contributed by atoms with Crippen LogP contribution in [0.1, 0.15) is 12.0 Å². The maximum atomic E-state index is 11.4. The number of rotatable bonds is 10. The van der Waals surface area contributed by atoms with Gasteiger partial charge in [-0.2, -0.15) is 0 Å². The van der Waals surface area contributed by atoms with Crippen LogP contribution in [0.2, 0.25) is 0 Å². The predicted molar refractivity (Wildman–Crippen MR) is 115 cm³/mol. The zero-order chi connectivity index (χ0) is 18.7. The monoisotopic (exact) mass is 499 g/mol. The van der Waals surface area contributed by atoms with Crippen molar-refractivity contribution in [2.75, 3.05) is 47.4 Å². The molecular formula is C16H30IN5O3S. The third-order valence-corrected chi connectivity index (χ3v) is 4.50. The maximum absolute atomic E-state index is 11.4. The second kappa shape index (κ2) is 13.3. The molecule has 4 N–H and O–H groups in total. The standard InChI is InChI=1S/C16H29N5O3S.HI/c1-18-16(19-8-10-21(2)9-5-11-24-3)20-13-14-6-4-7-15(12-14)25(17,22)23;/h4,6-7,12H,5,8-11,13H2,1-3H3,(H2,17,22,23)(H2,18,19,20);1H. The second-order valence-electron chi connectivity index (χ2n) is 5.69. The van der Waals surface area contributed by atoms with Crippen LogP contribution in [-0.4, -0.2) is 66.7 Å². The first-order chi connectivity index (χ1) is 11.9. The van der Waals surface area contributed by atoms with Crippen LogP contribution in [0, 0.1) is 0 Å². The fourth-order valence-corrected chi connectivity index (χ4v) is 2.78. The fraction of sp³-hybridized carbons (Fsp3) is 0.562. The van der Waals surface area contributed by atoms with Crippen LogP contribution < -0.4 is 15.8 Å². The number of primary sulfonamides is 1. The molecule has 0 fully saturated rings. The molecule has 0 heterocycles. The molecule has 0 spiro atoms. The Morgan fingerprint density at radius 3 is 2.65 bits per heavy atom. The minimum atomic E-state index is -3.69. The number of ether oxygens (including phenoxy) is 1. The Bertz CT molecular complexity index is 655. The van der Waals surface area contributed by atoms with Gasteiger partial charge in [-0.3, -0.25) is 4.99 Å². The molecule has 0 aliphatic carbocycles. The smallest absolute Gasteiger partial charge is 0.238 e. The van der Waals surface area contributed by atoms with E-state index in [4.69, 9.17) is 9.88 Å². The molecule has 0 aliphatic heterocycles. The first-order valence-corrected chi connectivity index (χ1v) is 9.65. The summed E-state index contributed by atoms with van der Waals surface area (Å²) in [5.41, 5.74) is 0.811. The Balaban J connectivity index is 0.00000625. The van der Waals surface area contributed by atoms with Gasteiger partial charge in [0.25, 0.3) is 0 Å².